The lowest BCUT2D eigenvalue weighted by Crippen LogP contribution is -2.43. The minimum absolute atomic E-state index is 0.0105. The van der Waals surface area contributed by atoms with E-state index in [-0.39, 0.29) is 39.1 Å². The molecule has 398 valence electrons. The topological polar surface area (TPSA) is 187 Å². The van der Waals surface area contributed by atoms with Gasteiger partial charge in [0.05, 0.1) is 54.6 Å². The lowest BCUT2D eigenvalue weighted by Gasteiger charge is -2.26. The van der Waals surface area contributed by atoms with Crippen molar-refractivity contribution in [1.82, 2.24) is 13.9 Å². The van der Waals surface area contributed by atoms with Crippen molar-refractivity contribution in [3.8, 4) is 0 Å². The first-order valence-corrected chi connectivity index (χ1v) is 23.8. The minimum Gasteiger partial charge on any atom is -0.444 e. The maximum atomic E-state index is 12.6. The summed E-state index contributed by atoms with van der Waals surface area (Å²) in [5.74, 6) is 0. The Bertz CT molecular complexity index is 2380. The van der Waals surface area contributed by atoms with E-state index in [0.29, 0.717) is 21.0 Å². The van der Waals surface area contributed by atoms with Crippen molar-refractivity contribution in [1.29, 1.82) is 0 Å². The van der Waals surface area contributed by atoms with Gasteiger partial charge in [-0.05, 0) is 135 Å². The second-order valence-corrected chi connectivity index (χ2v) is 21.4. The van der Waals surface area contributed by atoms with Gasteiger partial charge in [-0.15, -0.1) is 0 Å². The molecule has 5 rings (SSSR count). The van der Waals surface area contributed by atoms with Gasteiger partial charge >= 0.3 is 47.1 Å². The number of alkyl carbamates (subject to hydrolysis) is 1. The molecular weight excluding hydrogens is 1010 g/mol. The van der Waals surface area contributed by atoms with Crippen molar-refractivity contribution >= 4 is 39.9 Å². The fourth-order valence-electron chi connectivity index (χ4n) is 6.16. The Morgan fingerprint density at radius 3 is 1.39 bits per heavy atom. The number of aliphatic hydroxyl groups is 1. The lowest BCUT2D eigenvalue weighted by molar-refractivity contribution is -0.138. The van der Waals surface area contributed by atoms with Gasteiger partial charge in [0.15, 0.2) is 0 Å². The number of benzene rings is 3. The van der Waals surface area contributed by atoms with Crippen LogP contribution in [0.5, 0.6) is 0 Å². The van der Waals surface area contributed by atoms with Gasteiger partial charge in [0, 0.05) is 0 Å². The molecule has 3 aromatic carbocycles. The summed E-state index contributed by atoms with van der Waals surface area (Å²) >= 11 is -1.97. The van der Waals surface area contributed by atoms with Crippen molar-refractivity contribution < 1.29 is 94.2 Å². The van der Waals surface area contributed by atoms with E-state index in [1.165, 1.54) is 36.4 Å². The number of halogens is 9. The zero-order valence-corrected chi connectivity index (χ0v) is 41.6. The van der Waals surface area contributed by atoms with Crippen molar-refractivity contribution in [3.05, 3.63) is 106 Å². The Labute approximate surface area is 407 Å². The highest BCUT2D eigenvalue weighted by Gasteiger charge is 2.45. The maximum absolute atomic E-state index is 12.6. The zero-order valence-electron chi connectivity index (χ0n) is 40.0. The van der Waals surface area contributed by atoms with Gasteiger partial charge in [0.2, 0.25) is 0 Å². The van der Waals surface area contributed by atoms with Crippen LogP contribution in [0, 0.1) is 0 Å². The number of alkyl halides is 9. The van der Waals surface area contributed by atoms with Gasteiger partial charge in [-0.1, -0.05) is 36.4 Å². The molecular formula is C45H56F9N3O12S2. The first-order chi connectivity index (χ1) is 32.3. The van der Waals surface area contributed by atoms with Gasteiger partial charge < -0.3 is 24.6 Å². The largest absolute Gasteiger partial charge is 0.444 e. The molecule has 2 N–H and O–H groups in total. The predicted molar refractivity (Wildman–Crippen MR) is 238 cm³/mol. The number of hydrogen-bond donors (Lipinski definition) is 2. The van der Waals surface area contributed by atoms with Gasteiger partial charge in [-0.2, -0.15) is 56.5 Å². The highest BCUT2D eigenvalue weighted by atomic mass is 32.2. The summed E-state index contributed by atoms with van der Waals surface area (Å²) in [5.41, 5.74) is -3.05. The second kappa shape index (κ2) is 23.6. The van der Waals surface area contributed by atoms with Crippen molar-refractivity contribution in [2.24, 2.45) is 0 Å². The summed E-state index contributed by atoms with van der Waals surface area (Å²) in [6.07, 6.45) is -15.4. The average Bonchev–Trinajstić information content (AvgIpc) is 3.72. The summed E-state index contributed by atoms with van der Waals surface area (Å²) in [7, 11) is -4.28. The van der Waals surface area contributed by atoms with Gasteiger partial charge in [0.25, 0.3) is 11.3 Å². The van der Waals surface area contributed by atoms with E-state index in [1.54, 1.807) is 62.3 Å². The average molecular weight is 1070 g/mol. The van der Waals surface area contributed by atoms with Crippen LogP contribution >= 0.6 is 0 Å². The van der Waals surface area contributed by atoms with Gasteiger partial charge in [0.1, 0.15) is 16.8 Å². The molecule has 0 spiro atoms. The monoisotopic (exact) mass is 1070 g/mol. The Morgan fingerprint density at radius 2 is 1.01 bits per heavy atom. The molecule has 15 nitrogen and oxygen atoms in total. The number of rotatable bonds is 8. The number of nitrogens with one attached hydrogen (secondary N) is 1. The first kappa shape index (κ1) is 60.1. The Hall–Kier alpha value is -5.18. The molecule has 0 bridgehead atoms. The van der Waals surface area contributed by atoms with E-state index in [0.717, 1.165) is 40.7 Å². The zero-order chi connectivity index (χ0) is 54.1. The second-order valence-electron chi connectivity index (χ2n) is 18.9. The molecule has 4 atom stereocenters. The Morgan fingerprint density at radius 1 is 0.634 bits per heavy atom. The van der Waals surface area contributed by atoms with Crippen LogP contribution in [0.4, 0.5) is 53.9 Å². The number of carbonyl (C=O) groups is 3. The van der Waals surface area contributed by atoms with E-state index < -0.39 is 110 Å². The highest BCUT2D eigenvalue weighted by Crippen LogP contribution is 2.33. The first-order valence-electron chi connectivity index (χ1n) is 21.4. The Balaban J connectivity index is 0.000000282. The summed E-state index contributed by atoms with van der Waals surface area (Å²) in [4.78, 5) is 35.9. The number of hydrogen-bond acceptors (Lipinski definition) is 12. The van der Waals surface area contributed by atoms with Crippen LogP contribution in [0.3, 0.4) is 0 Å². The van der Waals surface area contributed by atoms with Crippen LogP contribution in [0.15, 0.2) is 72.8 Å². The fourth-order valence-corrected chi connectivity index (χ4v) is 8.24. The molecule has 0 aromatic heterocycles. The third kappa shape index (κ3) is 20.1. The molecule has 0 radical (unpaired) electrons. The molecule has 0 saturated carbocycles. The van der Waals surface area contributed by atoms with Crippen LogP contribution in [0.25, 0.3) is 0 Å². The molecule has 3 amide bonds. The van der Waals surface area contributed by atoms with E-state index >= 15 is 0 Å². The summed E-state index contributed by atoms with van der Waals surface area (Å²) in [6.45, 7) is 14.3. The smallest absolute Gasteiger partial charge is 0.426 e. The van der Waals surface area contributed by atoms with E-state index in [2.05, 4.69) is 9.50 Å². The number of amides is 3. The van der Waals surface area contributed by atoms with Crippen molar-refractivity contribution in [2.45, 2.75) is 135 Å². The number of ether oxygens (including phenoxy) is 3. The molecule has 71 heavy (non-hydrogen) atoms. The summed E-state index contributed by atoms with van der Waals surface area (Å²) < 4.78 is 175. The lowest BCUT2D eigenvalue weighted by atomic mass is 10.0. The highest BCUT2D eigenvalue weighted by molar-refractivity contribution is 7.85. The number of aliphatic hydroxyl groups excluding tert-OH is 1. The predicted octanol–water partition coefficient (Wildman–Crippen LogP) is 9.72. The molecule has 1 unspecified atom stereocenters. The summed E-state index contributed by atoms with van der Waals surface area (Å²) in [5, 5.41) is 11.8. The molecule has 2 aliphatic heterocycles. The van der Waals surface area contributed by atoms with Crippen LogP contribution in [-0.4, -0.2) is 99.4 Å². The van der Waals surface area contributed by atoms with E-state index in [1.807, 2.05) is 0 Å². The number of carbonyl (C=O) groups excluding carboxylic acids is 3. The normalized spacial score (nSPS) is 18.8. The van der Waals surface area contributed by atoms with Crippen molar-refractivity contribution in [2.75, 3.05) is 19.8 Å². The van der Waals surface area contributed by atoms with E-state index in [9.17, 15) is 71.6 Å². The molecule has 2 aliphatic rings. The van der Waals surface area contributed by atoms with E-state index in [4.69, 9.17) is 18.4 Å². The quantitative estimate of drug-likeness (QED) is 0.161. The Kier molecular flexibility index (Phi) is 20.0. The molecule has 0 aliphatic carbocycles. The standard InChI is InChI=1S/C15H18F3NO5S.C15H18F3NO4S.C15H20F3NO3/c1-14(2,3)24-13(20)19-12(9-23-25(19,21)22)8-10-4-6-11(7-5-10)15(16,17)18;1-14(2,3)23-13(20)19-12(9-22-24(19)21)8-10-4-6-11(7-5-10)15(16,17)18;1-14(2,3)22-13(21)19-12(9-20)8-10-4-6-11(7-5-10)15(16,17)18/h4-7,12H,8-9H2,1-3H3;4-7,12H,8-9H2,1-3H3;4-7,12,20H,8-9H2,1-3H3,(H,19,21)/t12-;12-,24?;12-/m000/s1. The summed E-state index contributed by atoms with van der Waals surface area (Å²) in [6, 6.07) is 11.4. The van der Waals surface area contributed by atoms with Gasteiger partial charge in [-0.3, -0.25) is 8.37 Å². The van der Waals surface area contributed by atoms with Crippen LogP contribution in [0.1, 0.15) is 95.7 Å². The molecule has 2 saturated heterocycles. The third-order valence-corrected chi connectivity index (χ3v) is 11.7. The van der Waals surface area contributed by atoms with Crippen molar-refractivity contribution in [3.63, 3.8) is 0 Å². The molecule has 2 fully saturated rings. The maximum Gasteiger partial charge on any atom is 0.426 e. The van der Waals surface area contributed by atoms with Crippen LogP contribution in [0.2, 0.25) is 0 Å². The van der Waals surface area contributed by atoms with Gasteiger partial charge in [-0.25, -0.2) is 18.6 Å². The van der Waals surface area contributed by atoms with Crippen LogP contribution < -0.4 is 5.32 Å². The van der Waals surface area contributed by atoms with Crippen LogP contribution in [-0.2, 0) is 81.9 Å². The molecule has 26 heteroatoms. The third-order valence-electron chi connectivity index (χ3n) is 9.19. The molecule has 3 aromatic rings. The SMILES string of the molecule is CC(C)(C)OC(=O)N1[C@@H](Cc2ccc(C(F)(F)F)cc2)COS1(=O)=O.CC(C)(C)OC(=O)N1[C@@H](Cc2ccc(C(F)(F)F)cc2)COS1=O.CC(C)(C)OC(=O)N[C@H](CO)Cc1ccc(C(F)(F)F)cc1. The molecule has 2 heterocycles. The number of nitrogens with zero attached hydrogens (tertiary/aromatic N) is 2. The minimum atomic E-state index is -4.46. The fraction of sp³-hybridized carbons (Fsp3) is 0.533.